The molecule has 96 valence electrons. The number of aromatic nitrogens is 3. The van der Waals surface area contributed by atoms with Gasteiger partial charge in [0.05, 0.1) is 16.1 Å². The molecule has 4 nitrogen and oxygen atoms in total. The number of aryl methyl sites for hydroxylation is 1. The van der Waals surface area contributed by atoms with Crippen molar-refractivity contribution in [3.63, 3.8) is 0 Å². The molecule has 5 heteroatoms. The second kappa shape index (κ2) is 4.64. The smallest absolute Gasteiger partial charge is 0.142 e. The van der Waals surface area contributed by atoms with Crippen molar-refractivity contribution in [1.82, 2.24) is 14.5 Å². The lowest BCUT2D eigenvalue weighted by molar-refractivity contribution is 0.958. The molecule has 0 atom stereocenters. The van der Waals surface area contributed by atoms with Gasteiger partial charge in [0.15, 0.2) is 0 Å². The minimum absolute atomic E-state index is 0.512. The van der Waals surface area contributed by atoms with Gasteiger partial charge in [-0.3, -0.25) is 4.98 Å². The molecule has 0 amide bonds. The minimum Gasteiger partial charge on any atom is -0.327 e. The molecule has 0 saturated heterocycles. The molecular formula is C14H13ClN4. The van der Waals surface area contributed by atoms with E-state index in [0.29, 0.717) is 11.6 Å². The van der Waals surface area contributed by atoms with Crippen LogP contribution in [0.3, 0.4) is 0 Å². The second-order valence-corrected chi connectivity index (χ2v) is 4.78. The van der Waals surface area contributed by atoms with E-state index in [4.69, 9.17) is 17.3 Å². The van der Waals surface area contributed by atoms with Crippen LogP contribution in [0.1, 0.15) is 5.56 Å². The van der Waals surface area contributed by atoms with Gasteiger partial charge in [0.1, 0.15) is 5.82 Å². The first-order valence-electron chi connectivity index (χ1n) is 5.96. The van der Waals surface area contributed by atoms with E-state index >= 15 is 0 Å². The number of hydrogen-bond donors (Lipinski definition) is 1. The van der Waals surface area contributed by atoms with Crippen molar-refractivity contribution in [1.29, 1.82) is 0 Å². The highest BCUT2D eigenvalue weighted by molar-refractivity contribution is 6.33. The third-order valence-electron chi connectivity index (χ3n) is 3.19. The molecule has 0 aliphatic heterocycles. The van der Waals surface area contributed by atoms with Crippen molar-refractivity contribution in [3.8, 4) is 11.4 Å². The number of nitrogens with zero attached hydrogens (tertiary/aromatic N) is 3. The number of hydrogen-bond acceptors (Lipinski definition) is 3. The number of halogens is 1. The lowest BCUT2D eigenvalue weighted by atomic mass is 10.2. The molecule has 0 aliphatic carbocycles. The standard InChI is InChI=1S/C14H13ClN4/c1-19-13-3-2-9(7-16)6-12(13)18-14(19)10-4-5-17-8-11(10)15/h2-6,8H,7,16H2,1H3. The van der Waals surface area contributed by atoms with Crippen molar-refractivity contribution >= 4 is 22.6 Å². The molecule has 0 aliphatic rings. The summed E-state index contributed by atoms with van der Waals surface area (Å²) in [6.45, 7) is 0.512. The van der Waals surface area contributed by atoms with Crippen molar-refractivity contribution in [2.45, 2.75) is 6.54 Å². The lowest BCUT2D eigenvalue weighted by Crippen LogP contribution is -1.96. The van der Waals surface area contributed by atoms with Crippen LogP contribution in [0.25, 0.3) is 22.4 Å². The van der Waals surface area contributed by atoms with E-state index in [1.54, 1.807) is 12.4 Å². The molecule has 2 heterocycles. The van der Waals surface area contributed by atoms with Crippen LogP contribution >= 0.6 is 11.6 Å². The van der Waals surface area contributed by atoms with Gasteiger partial charge in [0.25, 0.3) is 0 Å². The largest absolute Gasteiger partial charge is 0.327 e. The summed E-state index contributed by atoms with van der Waals surface area (Å²) in [5, 5.41) is 0.597. The van der Waals surface area contributed by atoms with Gasteiger partial charge in [-0.25, -0.2) is 4.98 Å². The zero-order valence-corrected chi connectivity index (χ0v) is 11.2. The first-order valence-corrected chi connectivity index (χ1v) is 6.34. The fourth-order valence-electron chi connectivity index (χ4n) is 2.17. The van der Waals surface area contributed by atoms with Crippen LogP contribution in [0, 0.1) is 0 Å². The summed E-state index contributed by atoms with van der Waals surface area (Å²) < 4.78 is 2.02. The predicted molar refractivity (Wildman–Crippen MR) is 76.8 cm³/mol. The van der Waals surface area contributed by atoms with Crippen LogP contribution in [0.2, 0.25) is 5.02 Å². The Kier molecular flexibility index (Phi) is 2.97. The van der Waals surface area contributed by atoms with E-state index in [-0.39, 0.29) is 0 Å². The van der Waals surface area contributed by atoms with Crippen LogP contribution < -0.4 is 5.73 Å². The fraction of sp³-hybridized carbons (Fsp3) is 0.143. The number of imidazole rings is 1. The van der Waals surface area contributed by atoms with Crippen LogP contribution in [0.4, 0.5) is 0 Å². The molecule has 19 heavy (non-hydrogen) atoms. The van der Waals surface area contributed by atoms with Gasteiger partial charge in [-0.2, -0.15) is 0 Å². The first kappa shape index (κ1) is 12.1. The molecule has 0 spiro atoms. The summed E-state index contributed by atoms with van der Waals surface area (Å²) in [5.41, 5.74) is 9.58. The SMILES string of the molecule is Cn1c(-c2ccncc2Cl)nc2cc(CN)ccc21. The summed E-state index contributed by atoms with van der Waals surface area (Å²) in [6.07, 6.45) is 3.34. The Bertz CT molecular complexity index is 748. The molecule has 0 fully saturated rings. The molecule has 0 radical (unpaired) electrons. The summed E-state index contributed by atoms with van der Waals surface area (Å²) in [4.78, 5) is 8.64. The Hall–Kier alpha value is -1.91. The van der Waals surface area contributed by atoms with E-state index in [2.05, 4.69) is 9.97 Å². The van der Waals surface area contributed by atoms with Crippen LogP contribution in [-0.4, -0.2) is 14.5 Å². The fourth-order valence-corrected chi connectivity index (χ4v) is 2.37. The van der Waals surface area contributed by atoms with E-state index < -0.39 is 0 Å². The minimum atomic E-state index is 0.512. The molecule has 1 aromatic carbocycles. The van der Waals surface area contributed by atoms with Gasteiger partial charge in [-0.1, -0.05) is 17.7 Å². The number of pyridine rings is 1. The summed E-state index contributed by atoms with van der Waals surface area (Å²) in [6, 6.07) is 7.92. The van der Waals surface area contributed by atoms with Crippen LogP contribution in [-0.2, 0) is 13.6 Å². The second-order valence-electron chi connectivity index (χ2n) is 4.38. The number of benzene rings is 1. The number of nitrogens with two attached hydrogens (primary N) is 1. The quantitative estimate of drug-likeness (QED) is 0.780. The van der Waals surface area contributed by atoms with Crippen LogP contribution in [0.5, 0.6) is 0 Å². The first-order chi connectivity index (χ1) is 9.20. The molecule has 2 aromatic heterocycles. The molecule has 0 saturated carbocycles. The molecule has 0 unspecified atom stereocenters. The van der Waals surface area contributed by atoms with Gasteiger partial charge in [0.2, 0.25) is 0 Å². The average molecular weight is 273 g/mol. The summed E-state index contributed by atoms with van der Waals surface area (Å²) in [5.74, 6) is 0.830. The maximum atomic E-state index is 6.18. The Morgan fingerprint density at radius 1 is 1.32 bits per heavy atom. The number of fused-ring (bicyclic) bond motifs is 1. The van der Waals surface area contributed by atoms with Crippen molar-refractivity contribution in [2.24, 2.45) is 12.8 Å². The Labute approximate surface area is 115 Å². The highest BCUT2D eigenvalue weighted by Gasteiger charge is 2.12. The Balaban J connectivity index is 2.25. The normalized spacial score (nSPS) is 11.1. The van der Waals surface area contributed by atoms with E-state index in [0.717, 1.165) is 28.0 Å². The van der Waals surface area contributed by atoms with Gasteiger partial charge < -0.3 is 10.3 Å². The van der Waals surface area contributed by atoms with Gasteiger partial charge in [-0.05, 0) is 23.8 Å². The van der Waals surface area contributed by atoms with Crippen molar-refractivity contribution in [3.05, 3.63) is 47.2 Å². The van der Waals surface area contributed by atoms with Crippen LogP contribution in [0.15, 0.2) is 36.7 Å². The Morgan fingerprint density at radius 2 is 2.16 bits per heavy atom. The summed E-state index contributed by atoms with van der Waals surface area (Å²) in [7, 11) is 1.98. The third-order valence-corrected chi connectivity index (χ3v) is 3.50. The Morgan fingerprint density at radius 3 is 2.89 bits per heavy atom. The third kappa shape index (κ3) is 1.99. The average Bonchev–Trinajstić information content (AvgIpc) is 2.76. The van der Waals surface area contributed by atoms with E-state index in [1.165, 1.54) is 0 Å². The predicted octanol–water partition coefficient (Wildman–Crippen LogP) is 2.75. The molecule has 3 aromatic rings. The van der Waals surface area contributed by atoms with Gasteiger partial charge in [0, 0.05) is 31.5 Å². The monoisotopic (exact) mass is 272 g/mol. The van der Waals surface area contributed by atoms with Crippen molar-refractivity contribution in [2.75, 3.05) is 0 Å². The highest BCUT2D eigenvalue weighted by atomic mass is 35.5. The van der Waals surface area contributed by atoms with Crippen molar-refractivity contribution < 1.29 is 0 Å². The zero-order chi connectivity index (χ0) is 13.4. The molecule has 2 N–H and O–H groups in total. The lowest BCUT2D eigenvalue weighted by Gasteiger charge is -2.03. The van der Waals surface area contributed by atoms with Gasteiger partial charge >= 0.3 is 0 Å². The zero-order valence-electron chi connectivity index (χ0n) is 10.5. The summed E-state index contributed by atoms with van der Waals surface area (Å²) >= 11 is 6.18. The molecule has 3 rings (SSSR count). The van der Waals surface area contributed by atoms with E-state index in [9.17, 15) is 0 Å². The molecular weight excluding hydrogens is 260 g/mol. The number of rotatable bonds is 2. The maximum absolute atomic E-state index is 6.18. The topological polar surface area (TPSA) is 56.7 Å². The van der Waals surface area contributed by atoms with Gasteiger partial charge in [-0.15, -0.1) is 0 Å². The maximum Gasteiger partial charge on any atom is 0.142 e. The van der Waals surface area contributed by atoms with E-state index in [1.807, 2.05) is 35.9 Å². The highest BCUT2D eigenvalue weighted by Crippen LogP contribution is 2.28. The molecule has 0 bridgehead atoms.